The lowest BCUT2D eigenvalue weighted by atomic mass is 9.67. The van der Waals surface area contributed by atoms with E-state index in [0.717, 1.165) is 5.52 Å². The van der Waals surface area contributed by atoms with Crippen molar-refractivity contribution in [3.05, 3.63) is 143 Å². The molecule has 0 atom stereocenters. The summed E-state index contributed by atoms with van der Waals surface area (Å²) >= 11 is 0. The van der Waals surface area contributed by atoms with Crippen LogP contribution < -0.4 is 0 Å². The minimum Gasteiger partial charge on any atom is -0.354 e. The highest BCUT2D eigenvalue weighted by Crippen LogP contribution is 2.59. The van der Waals surface area contributed by atoms with E-state index in [1.807, 2.05) is 6.08 Å². The molecule has 4 aromatic carbocycles. The lowest BCUT2D eigenvalue weighted by Gasteiger charge is -2.34. The first-order chi connectivity index (χ1) is 16.3. The van der Waals surface area contributed by atoms with Gasteiger partial charge in [-0.25, -0.2) is 0 Å². The molecule has 1 aliphatic rings. The van der Waals surface area contributed by atoms with Crippen molar-refractivity contribution < 1.29 is 1.43 Å². The first kappa shape index (κ1) is 19.6. The Balaban J connectivity index is 0.00000241. The quantitative estimate of drug-likeness (QED) is 0.292. The van der Waals surface area contributed by atoms with E-state index in [-0.39, 0.29) is 1.43 Å². The Labute approximate surface area is 196 Å². The number of aromatic nitrogens is 1. The lowest BCUT2D eigenvalue weighted by molar-refractivity contribution is 0.776. The summed E-state index contributed by atoms with van der Waals surface area (Å²) in [5.74, 6) is 0. The third kappa shape index (κ3) is 2.60. The SMILES string of the molecule is C=Cc1c(/C=C\C)ccc2c1-c1[nH]c3ccccc3c1C2(c1ccccc1)c1ccccc1.[HH]. The molecule has 0 unspecified atom stereocenters. The van der Waals surface area contributed by atoms with Crippen molar-refractivity contribution in [1.82, 2.24) is 4.98 Å². The molecule has 5 aromatic rings. The van der Waals surface area contributed by atoms with Gasteiger partial charge < -0.3 is 4.98 Å². The van der Waals surface area contributed by atoms with Crippen LogP contribution in [0.3, 0.4) is 0 Å². The molecule has 0 radical (unpaired) electrons. The van der Waals surface area contributed by atoms with Gasteiger partial charge in [0.1, 0.15) is 0 Å². The zero-order valence-corrected chi connectivity index (χ0v) is 18.7. The van der Waals surface area contributed by atoms with E-state index in [4.69, 9.17) is 0 Å². The summed E-state index contributed by atoms with van der Waals surface area (Å²) in [5, 5.41) is 1.26. The van der Waals surface area contributed by atoms with Crippen molar-refractivity contribution >= 4 is 23.1 Å². The van der Waals surface area contributed by atoms with Gasteiger partial charge in [0.05, 0.1) is 11.1 Å². The minimum atomic E-state index is -0.418. The Hall–Kier alpha value is -4.10. The number of allylic oxidation sites excluding steroid dienone is 1. The third-order valence-electron chi connectivity index (χ3n) is 6.98. The van der Waals surface area contributed by atoms with E-state index in [0.29, 0.717) is 0 Å². The first-order valence-corrected chi connectivity index (χ1v) is 11.5. The predicted octanol–water partition coefficient (Wildman–Crippen LogP) is 8.45. The van der Waals surface area contributed by atoms with E-state index < -0.39 is 5.41 Å². The molecule has 0 amide bonds. The molecule has 0 fully saturated rings. The summed E-state index contributed by atoms with van der Waals surface area (Å²) in [6.45, 7) is 6.29. The Morgan fingerprint density at radius 3 is 2.06 bits per heavy atom. The molecule has 6 rings (SSSR count). The smallest absolute Gasteiger partial charge is 0.0735 e. The van der Waals surface area contributed by atoms with Crippen LogP contribution >= 0.6 is 0 Å². The summed E-state index contributed by atoms with van der Waals surface area (Å²) in [6.07, 6.45) is 6.28. The van der Waals surface area contributed by atoms with E-state index >= 15 is 0 Å². The second-order valence-corrected chi connectivity index (χ2v) is 8.60. The molecule has 0 saturated carbocycles. The molecular weight excluding hydrogens is 398 g/mol. The molecule has 1 heteroatoms. The lowest BCUT2D eigenvalue weighted by Crippen LogP contribution is -2.28. The second kappa shape index (κ2) is 7.50. The zero-order chi connectivity index (χ0) is 22.4. The van der Waals surface area contributed by atoms with Crippen LogP contribution in [0, 0.1) is 0 Å². The van der Waals surface area contributed by atoms with Crippen molar-refractivity contribution in [3.63, 3.8) is 0 Å². The molecule has 0 spiro atoms. The highest BCUT2D eigenvalue weighted by Gasteiger charge is 2.49. The molecule has 160 valence electrons. The molecular formula is C32H27N. The normalized spacial score (nSPS) is 13.8. The maximum absolute atomic E-state index is 4.22. The van der Waals surface area contributed by atoms with Crippen LogP contribution in [-0.2, 0) is 5.41 Å². The van der Waals surface area contributed by atoms with E-state index in [9.17, 15) is 0 Å². The van der Waals surface area contributed by atoms with Crippen LogP contribution in [-0.4, -0.2) is 4.98 Å². The standard InChI is InChI=1S/C32H25N.H2/c1-3-13-22-20-21-27-29(25(22)4-2)31-30(26-18-11-12-19-28(26)33-31)32(27,23-14-7-5-8-15-23)24-16-9-6-10-17-24;/h3-21,33H,2H2,1H3;1H/b13-3-;. The van der Waals surface area contributed by atoms with E-state index in [1.54, 1.807) is 0 Å². The van der Waals surface area contributed by atoms with Crippen LogP contribution in [0.4, 0.5) is 0 Å². The van der Waals surface area contributed by atoms with Gasteiger partial charge >= 0.3 is 0 Å². The number of aromatic amines is 1. The fraction of sp³-hybridized carbons (Fsp3) is 0.0625. The predicted molar refractivity (Wildman–Crippen MR) is 143 cm³/mol. The van der Waals surface area contributed by atoms with Gasteiger partial charge in [0.25, 0.3) is 0 Å². The first-order valence-electron chi connectivity index (χ1n) is 11.5. The van der Waals surface area contributed by atoms with Gasteiger partial charge in [-0.1, -0.05) is 116 Å². The maximum Gasteiger partial charge on any atom is 0.0735 e. The molecule has 1 aliphatic carbocycles. The topological polar surface area (TPSA) is 15.8 Å². The summed E-state index contributed by atoms with van der Waals surface area (Å²) < 4.78 is 0. The zero-order valence-electron chi connectivity index (χ0n) is 18.7. The highest BCUT2D eigenvalue weighted by molar-refractivity contribution is 6.02. The molecule has 0 aliphatic heterocycles. The van der Waals surface area contributed by atoms with Crippen molar-refractivity contribution in [2.75, 3.05) is 0 Å². The van der Waals surface area contributed by atoms with E-state index in [2.05, 4.69) is 128 Å². The van der Waals surface area contributed by atoms with Crippen LogP contribution in [0.1, 0.15) is 41.7 Å². The summed E-state index contributed by atoms with van der Waals surface area (Å²) in [4.78, 5) is 3.80. The number of benzene rings is 4. The number of H-pyrrole nitrogens is 1. The molecule has 1 heterocycles. The Bertz CT molecular complexity index is 1480. The fourth-order valence-corrected chi connectivity index (χ4v) is 5.76. The Morgan fingerprint density at radius 1 is 0.788 bits per heavy atom. The van der Waals surface area contributed by atoms with Gasteiger partial charge in [-0.05, 0) is 40.8 Å². The Kier molecular flexibility index (Phi) is 4.45. The molecule has 0 bridgehead atoms. The number of para-hydroxylation sites is 1. The van der Waals surface area contributed by atoms with Crippen molar-refractivity contribution in [1.29, 1.82) is 0 Å². The van der Waals surface area contributed by atoms with Gasteiger partial charge in [0, 0.05) is 23.5 Å². The summed E-state index contributed by atoms with van der Waals surface area (Å²) in [6, 6.07) is 35.1. The average molecular weight is 426 g/mol. The number of hydrogen-bond acceptors (Lipinski definition) is 0. The number of rotatable bonds is 4. The largest absolute Gasteiger partial charge is 0.354 e. The third-order valence-corrected chi connectivity index (χ3v) is 6.98. The number of hydrogen-bond donors (Lipinski definition) is 1. The fourth-order valence-electron chi connectivity index (χ4n) is 5.76. The highest BCUT2D eigenvalue weighted by atomic mass is 14.8. The van der Waals surface area contributed by atoms with Crippen molar-refractivity contribution in [3.8, 4) is 11.3 Å². The summed E-state index contributed by atoms with van der Waals surface area (Å²) in [5.41, 5.74) is 10.7. The molecule has 1 nitrogen and oxygen atoms in total. The van der Waals surface area contributed by atoms with Crippen LogP contribution in [0.5, 0.6) is 0 Å². The Morgan fingerprint density at radius 2 is 1.42 bits per heavy atom. The second-order valence-electron chi connectivity index (χ2n) is 8.60. The van der Waals surface area contributed by atoms with Crippen LogP contribution in [0.25, 0.3) is 34.3 Å². The monoisotopic (exact) mass is 425 g/mol. The molecule has 1 aromatic heterocycles. The van der Waals surface area contributed by atoms with Crippen molar-refractivity contribution in [2.45, 2.75) is 12.3 Å². The average Bonchev–Trinajstić information content (AvgIpc) is 3.39. The van der Waals surface area contributed by atoms with Gasteiger partial charge in [0.2, 0.25) is 0 Å². The summed E-state index contributed by atoms with van der Waals surface area (Å²) in [7, 11) is 0. The molecule has 33 heavy (non-hydrogen) atoms. The van der Waals surface area contributed by atoms with Gasteiger partial charge in [0.15, 0.2) is 0 Å². The van der Waals surface area contributed by atoms with Gasteiger partial charge in [-0.3, -0.25) is 0 Å². The van der Waals surface area contributed by atoms with Crippen LogP contribution in [0.2, 0.25) is 0 Å². The van der Waals surface area contributed by atoms with Gasteiger partial charge in [-0.15, -0.1) is 0 Å². The van der Waals surface area contributed by atoms with Gasteiger partial charge in [-0.2, -0.15) is 0 Å². The maximum atomic E-state index is 4.22. The molecule has 0 saturated heterocycles. The minimum absolute atomic E-state index is 0. The molecule has 1 N–H and O–H groups in total. The number of fused-ring (bicyclic) bond motifs is 5. The number of nitrogens with one attached hydrogen (secondary N) is 1. The van der Waals surface area contributed by atoms with E-state index in [1.165, 1.54) is 50.0 Å². The van der Waals surface area contributed by atoms with Crippen molar-refractivity contribution in [2.24, 2.45) is 0 Å². The van der Waals surface area contributed by atoms with Crippen LogP contribution in [0.15, 0.2) is 110 Å².